The lowest BCUT2D eigenvalue weighted by atomic mass is 11.4. The molecule has 2 nitrogen and oxygen atoms in total. The van der Waals surface area contributed by atoms with Crippen LogP contribution in [0.3, 0.4) is 0 Å². The monoisotopic (exact) mass is 163 g/mol. The van der Waals surface area contributed by atoms with E-state index < -0.39 is 4.71 Å². The Hall–Kier alpha value is 0.790. The third-order valence-corrected chi connectivity index (χ3v) is 0.550. The van der Waals surface area contributed by atoms with E-state index >= 15 is 0 Å². The maximum atomic E-state index is 9.93. The molecule has 0 N–H and O–H groups in total. The summed E-state index contributed by atoms with van der Waals surface area (Å²) in [7, 11) is 0. The number of hydrogen-bond acceptors (Lipinski definition) is 1. The van der Waals surface area contributed by atoms with Crippen molar-refractivity contribution in [3.05, 3.63) is 0 Å². The van der Waals surface area contributed by atoms with Gasteiger partial charge in [0.1, 0.15) is 6.07 Å². The number of alkyl halides is 3. The molecule has 0 amide bonds. The molecule has 0 aliphatic heterocycles. The zero-order valence-corrected chi connectivity index (χ0v) is 5.43. The van der Waals surface area contributed by atoms with Crippen LogP contribution in [0.2, 0.25) is 0 Å². The minimum absolute atomic E-state index is 0.295. The highest BCUT2D eigenvalue weighted by Crippen LogP contribution is 2.18. The van der Waals surface area contributed by atoms with Gasteiger partial charge in [0.25, 0.3) is 0 Å². The van der Waals surface area contributed by atoms with Crippen LogP contribution in [-0.4, -0.2) is 10.8 Å². The molecule has 0 saturated heterocycles. The fraction of sp³-hybridized carbons (Fsp3) is 1.00. The quantitative estimate of drug-likeness (QED) is 0.451. The zero-order chi connectivity index (χ0) is 5.91. The van der Waals surface area contributed by atoms with Crippen LogP contribution in [0.1, 0.15) is 0 Å². The molecule has 0 spiro atoms. The molecule has 0 aliphatic rings. The first-order chi connectivity index (χ1) is 3.06. The molecule has 1 radical (unpaired) electrons. The minimum Gasteiger partial charge on any atom is -0.307 e. The maximum absolute atomic E-state index is 9.93. The average Bonchev–Trinajstić information content (AvgIpc) is 1.30. The number of rotatable bonds is 2. The summed E-state index contributed by atoms with van der Waals surface area (Å²) in [6.07, 6.45) is 0. The summed E-state index contributed by atoms with van der Waals surface area (Å²) in [4.78, 5) is 0. The highest BCUT2D eigenvalue weighted by Gasteiger charge is 2.21. The predicted octanol–water partition coefficient (Wildman–Crippen LogP) is 1.72. The second-order valence-electron chi connectivity index (χ2n) is 0.717. The summed E-state index contributed by atoms with van der Waals surface area (Å²) >= 11 is 14.4. The molecule has 0 unspecified atom stereocenters. The van der Waals surface area contributed by atoms with Crippen molar-refractivity contribution in [3.63, 3.8) is 0 Å². The van der Waals surface area contributed by atoms with Gasteiger partial charge in [-0.05, 0) is 23.2 Å². The molecular weight excluding hydrogens is 162 g/mol. The molecule has 0 bridgehead atoms. The third-order valence-electron chi connectivity index (χ3n) is 0.223. The van der Waals surface area contributed by atoms with Crippen molar-refractivity contribution in [2.24, 2.45) is 0 Å². The van der Waals surface area contributed by atoms with Crippen molar-refractivity contribution in [2.75, 3.05) is 6.07 Å². The van der Waals surface area contributed by atoms with E-state index in [-0.39, 0.29) is 6.07 Å². The summed E-state index contributed by atoms with van der Waals surface area (Å²) in [6, 6.07) is -0.295. The average molecular weight is 164 g/mol. The van der Waals surface area contributed by atoms with Gasteiger partial charge in [0.2, 0.25) is 0 Å². The van der Waals surface area contributed by atoms with Gasteiger partial charge in [-0.15, -0.1) is 0 Å². The topological polar surface area (TPSA) is 29.1 Å². The van der Waals surface area contributed by atoms with Crippen LogP contribution in [0.4, 0.5) is 0 Å². The SMILES string of the molecule is [O]C(Cl)(Cl)OCCl. The van der Waals surface area contributed by atoms with Crippen molar-refractivity contribution in [3.8, 4) is 0 Å². The fourth-order valence-corrected chi connectivity index (χ4v) is 0.438. The van der Waals surface area contributed by atoms with E-state index in [4.69, 9.17) is 34.8 Å². The molecule has 0 aliphatic carbocycles. The number of ether oxygens (including phenoxy) is 1. The zero-order valence-electron chi connectivity index (χ0n) is 3.16. The summed E-state index contributed by atoms with van der Waals surface area (Å²) in [6.45, 7) is 0. The molecule has 43 valence electrons. The number of halogens is 3. The minimum atomic E-state index is -2.39. The highest BCUT2D eigenvalue weighted by atomic mass is 35.5. The standard InChI is InChI=1S/C2H2Cl3O2/c3-1-7-2(4,5)6/h1H2. The van der Waals surface area contributed by atoms with E-state index in [0.29, 0.717) is 0 Å². The van der Waals surface area contributed by atoms with Gasteiger partial charge < -0.3 is 4.74 Å². The lowest BCUT2D eigenvalue weighted by molar-refractivity contribution is -0.101. The summed E-state index contributed by atoms with van der Waals surface area (Å²) in [5, 5.41) is 9.93. The van der Waals surface area contributed by atoms with E-state index in [0.717, 1.165) is 0 Å². The van der Waals surface area contributed by atoms with Crippen molar-refractivity contribution < 1.29 is 9.84 Å². The van der Waals surface area contributed by atoms with Gasteiger partial charge in [-0.2, -0.15) is 5.11 Å². The van der Waals surface area contributed by atoms with E-state index in [1.54, 1.807) is 0 Å². The van der Waals surface area contributed by atoms with Gasteiger partial charge >= 0.3 is 4.71 Å². The van der Waals surface area contributed by atoms with Gasteiger partial charge in [-0.3, -0.25) is 0 Å². The van der Waals surface area contributed by atoms with Gasteiger partial charge in [0, 0.05) is 0 Å². The van der Waals surface area contributed by atoms with Crippen molar-refractivity contribution >= 4 is 34.8 Å². The number of hydrogen-bond donors (Lipinski definition) is 0. The molecule has 0 aromatic rings. The van der Waals surface area contributed by atoms with Gasteiger partial charge in [0.15, 0.2) is 0 Å². The molecule has 0 heterocycles. The predicted molar refractivity (Wildman–Crippen MR) is 26.9 cm³/mol. The Morgan fingerprint density at radius 2 is 2.00 bits per heavy atom. The normalized spacial score (nSPS) is 12.0. The van der Waals surface area contributed by atoms with Crippen LogP contribution in [0.5, 0.6) is 0 Å². The summed E-state index contributed by atoms with van der Waals surface area (Å²) in [5.41, 5.74) is 0. The Morgan fingerprint density at radius 1 is 1.57 bits per heavy atom. The van der Waals surface area contributed by atoms with Crippen LogP contribution in [-0.2, 0) is 9.84 Å². The summed E-state index contributed by atoms with van der Waals surface area (Å²) in [5.74, 6) is 0. The Balaban J connectivity index is 3.15. The van der Waals surface area contributed by atoms with Crippen LogP contribution in [0.15, 0.2) is 0 Å². The molecule has 0 rings (SSSR count). The molecule has 0 atom stereocenters. The van der Waals surface area contributed by atoms with Crippen molar-refractivity contribution in [1.82, 2.24) is 0 Å². The maximum Gasteiger partial charge on any atom is 0.360 e. The first kappa shape index (κ1) is 7.79. The first-order valence-electron chi connectivity index (χ1n) is 1.34. The largest absolute Gasteiger partial charge is 0.360 e. The van der Waals surface area contributed by atoms with Crippen LogP contribution in [0, 0.1) is 0 Å². The highest BCUT2D eigenvalue weighted by molar-refractivity contribution is 6.45. The Labute approximate surface area is 55.9 Å². The van der Waals surface area contributed by atoms with Crippen LogP contribution >= 0.6 is 34.8 Å². The summed E-state index contributed by atoms with van der Waals surface area (Å²) < 4.78 is 1.58. The van der Waals surface area contributed by atoms with E-state index in [1.807, 2.05) is 0 Å². The molecule has 7 heavy (non-hydrogen) atoms. The van der Waals surface area contributed by atoms with E-state index in [9.17, 15) is 5.11 Å². The van der Waals surface area contributed by atoms with Gasteiger partial charge in [-0.25, -0.2) is 0 Å². The molecule has 5 heteroatoms. The Kier molecular flexibility index (Phi) is 3.28. The molecule has 0 aromatic carbocycles. The second kappa shape index (κ2) is 2.95. The molecule has 0 saturated carbocycles. The smallest absolute Gasteiger partial charge is 0.307 e. The first-order valence-corrected chi connectivity index (χ1v) is 2.63. The lowest BCUT2D eigenvalue weighted by Crippen LogP contribution is -2.12. The van der Waals surface area contributed by atoms with Crippen molar-refractivity contribution in [1.29, 1.82) is 0 Å². The van der Waals surface area contributed by atoms with Crippen LogP contribution in [0.25, 0.3) is 0 Å². The fourth-order valence-electron chi connectivity index (χ4n) is 0.0635. The molecular formula is C2H2Cl3O2. The van der Waals surface area contributed by atoms with Crippen LogP contribution < -0.4 is 0 Å². The molecule has 0 aromatic heterocycles. The van der Waals surface area contributed by atoms with E-state index in [1.165, 1.54) is 0 Å². The third kappa shape index (κ3) is 6.79. The van der Waals surface area contributed by atoms with Crippen molar-refractivity contribution in [2.45, 2.75) is 4.71 Å². The Morgan fingerprint density at radius 3 is 2.00 bits per heavy atom. The van der Waals surface area contributed by atoms with Gasteiger partial charge in [0.05, 0.1) is 0 Å². The lowest BCUT2D eigenvalue weighted by Gasteiger charge is -2.04. The van der Waals surface area contributed by atoms with Gasteiger partial charge in [-0.1, -0.05) is 11.6 Å². The molecule has 0 fully saturated rings. The van der Waals surface area contributed by atoms with E-state index in [2.05, 4.69) is 4.74 Å². The Bertz CT molecular complexity index is 49.4. The second-order valence-corrected chi connectivity index (χ2v) is 2.12.